The molecule has 2 aliphatic rings. The monoisotopic (exact) mass is 724 g/mol. The number of hydrogen-bond acceptors (Lipinski definition) is 8. The number of aromatic nitrogens is 4. The highest BCUT2D eigenvalue weighted by Crippen LogP contribution is 2.35. The van der Waals surface area contributed by atoms with Crippen molar-refractivity contribution < 1.29 is 23.9 Å². The summed E-state index contributed by atoms with van der Waals surface area (Å²) >= 11 is 0. The number of alkyl carbamates (subject to hydrolysis) is 2. The maximum atomic E-state index is 13.5. The van der Waals surface area contributed by atoms with E-state index >= 15 is 0 Å². The van der Waals surface area contributed by atoms with Gasteiger partial charge in [0, 0.05) is 19.1 Å². The van der Waals surface area contributed by atoms with Crippen molar-refractivity contribution in [3.63, 3.8) is 0 Å². The zero-order valence-electron chi connectivity index (χ0n) is 31.5. The molecule has 2 fully saturated rings. The smallest absolute Gasteiger partial charge is 0.407 e. The summed E-state index contributed by atoms with van der Waals surface area (Å²) in [5, 5.41) is 5.69. The topological polar surface area (TPSA) is 158 Å². The molecular weight excluding hydrogens is 672 g/mol. The van der Waals surface area contributed by atoms with Crippen LogP contribution in [0.15, 0.2) is 60.9 Å². The maximum Gasteiger partial charge on any atom is 0.407 e. The van der Waals surface area contributed by atoms with Crippen LogP contribution in [-0.2, 0) is 14.3 Å². The number of likely N-dealkylation sites (tertiary alicyclic amines) is 2. The fourth-order valence-corrected chi connectivity index (χ4v) is 7.42. The molecule has 4 atom stereocenters. The Morgan fingerprint density at radius 1 is 0.717 bits per heavy atom. The van der Waals surface area contributed by atoms with E-state index in [-0.39, 0.29) is 35.9 Å². The number of aromatic amines is 2. The van der Waals surface area contributed by atoms with Gasteiger partial charge in [0.05, 0.1) is 50.1 Å². The molecule has 3 amide bonds. The first-order chi connectivity index (χ1) is 25.6. The van der Waals surface area contributed by atoms with E-state index in [1.54, 1.807) is 0 Å². The average molecular weight is 725 g/mol. The number of benzene rings is 2. The minimum Gasteiger partial charge on any atom is -0.453 e. The van der Waals surface area contributed by atoms with Crippen LogP contribution in [0.4, 0.5) is 9.59 Å². The fourth-order valence-electron chi connectivity index (χ4n) is 7.42. The molecule has 282 valence electrons. The van der Waals surface area contributed by atoms with Crippen LogP contribution < -0.4 is 10.6 Å². The van der Waals surface area contributed by atoms with Crippen LogP contribution in [-0.4, -0.2) is 93.8 Å². The summed E-state index contributed by atoms with van der Waals surface area (Å²) in [7, 11) is 2.69. The molecule has 0 saturated carbocycles. The molecule has 4 unspecified atom stereocenters. The molecular formula is C40H52N8O5. The molecule has 4 aromatic rings. The predicted octanol–water partition coefficient (Wildman–Crippen LogP) is 6.70. The highest BCUT2D eigenvalue weighted by Gasteiger charge is 2.37. The number of imidazole rings is 2. The van der Waals surface area contributed by atoms with Gasteiger partial charge in [0.25, 0.3) is 0 Å². The summed E-state index contributed by atoms with van der Waals surface area (Å²) in [6.45, 7) is 10.3. The largest absolute Gasteiger partial charge is 0.453 e. The highest BCUT2D eigenvalue weighted by molar-refractivity contribution is 5.86. The van der Waals surface area contributed by atoms with Crippen LogP contribution >= 0.6 is 0 Å². The number of amides is 3. The summed E-state index contributed by atoms with van der Waals surface area (Å²) in [4.78, 5) is 58.1. The lowest BCUT2D eigenvalue weighted by Crippen LogP contribution is -2.51. The van der Waals surface area contributed by atoms with Crippen molar-refractivity contribution in [2.75, 3.05) is 33.9 Å². The molecule has 0 aliphatic carbocycles. The molecule has 6 rings (SSSR count). The van der Waals surface area contributed by atoms with E-state index in [2.05, 4.69) is 92.9 Å². The maximum absolute atomic E-state index is 13.5. The molecule has 2 aromatic carbocycles. The van der Waals surface area contributed by atoms with E-state index in [1.807, 2.05) is 31.1 Å². The van der Waals surface area contributed by atoms with Gasteiger partial charge >= 0.3 is 12.2 Å². The van der Waals surface area contributed by atoms with Crippen LogP contribution in [0.2, 0.25) is 0 Å². The lowest BCUT2D eigenvalue weighted by Gasteiger charge is -2.30. The summed E-state index contributed by atoms with van der Waals surface area (Å²) in [6.07, 6.45) is 6.46. The van der Waals surface area contributed by atoms with Gasteiger partial charge in [-0.2, -0.15) is 0 Å². The lowest BCUT2D eigenvalue weighted by atomic mass is 10.0. The summed E-state index contributed by atoms with van der Waals surface area (Å²) in [5.41, 5.74) is 6.11. The summed E-state index contributed by atoms with van der Waals surface area (Å²) in [5.74, 6) is 1.73. The van der Waals surface area contributed by atoms with Crippen molar-refractivity contribution in [3.8, 4) is 33.6 Å². The van der Waals surface area contributed by atoms with E-state index < -0.39 is 18.2 Å². The molecule has 13 heteroatoms. The van der Waals surface area contributed by atoms with Crippen molar-refractivity contribution in [1.82, 2.24) is 40.4 Å². The Bertz CT molecular complexity index is 1850. The summed E-state index contributed by atoms with van der Waals surface area (Å²) < 4.78 is 9.61. The third kappa shape index (κ3) is 8.56. The van der Waals surface area contributed by atoms with Gasteiger partial charge in [-0.05, 0) is 66.3 Å². The first-order valence-corrected chi connectivity index (χ1v) is 18.6. The highest BCUT2D eigenvalue weighted by atomic mass is 16.5. The fraction of sp³-hybridized carbons (Fsp3) is 0.475. The van der Waals surface area contributed by atoms with Gasteiger partial charge in [0.2, 0.25) is 5.91 Å². The minimum absolute atomic E-state index is 0.0157. The molecule has 13 nitrogen and oxygen atoms in total. The Balaban J connectivity index is 1.09. The quantitative estimate of drug-likeness (QED) is 0.126. The van der Waals surface area contributed by atoms with Crippen LogP contribution in [0, 0.1) is 11.8 Å². The van der Waals surface area contributed by atoms with E-state index in [0.29, 0.717) is 6.54 Å². The third-order valence-corrected chi connectivity index (χ3v) is 10.6. The predicted molar refractivity (Wildman–Crippen MR) is 203 cm³/mol. The first kappa shape index (κ1) is 37.6. The van der Waals surface area contributed by atoms with Gasteiger partial charge in [-0.1, -0.05) is 76.2 Å². The molecule has 2 aromatic heterocycles. The van der Waals surface area contributed by atoms with Crippen molar-refractivity contribution in [3.05, 3.63) is 72.6 Å². The van der Waals surface area contributed by atoms with E-state index in [9.17, 15) is 14.4 Å². The molecule has 0 spiro atoms. The van der Waals surface area contributed by atoms with Crippen LogP contribution in [0.3, 0.4) is 0 Å². The Labute approximate surface area is 311 Å². The zero-order valence-corrected chi connectivity index (χ0v) is 31.5. The van der Waals surface area contributed by atoms with Crippen molar-refractivity contribution in [1.29, 1.82) is 0 Å². The molecule has 4 N–H and O–H groups in total. The number of H-pyrrole nitrogens is 2. The average Bonchev–Trinajstić information content (AvgIpc) is 4.00. The standard InChI is InChI=1S/C40H52N8O5/c1-24(2)32(45-39(50)52-5)23-47-19-7-9-33(47)36-41-21-30(43-36)28-15-11-26(12-16-28)27-13-17-29(18-14-27)31-22-42-37(44-31)34-10-8-20-48(34)38(49)35(25(3)4)46-40(51)53-6/h11-18,21-22,24-25,32-35H,7-10,19-20,23H2,1-6H3,(H,41,43)(H,42,44)(H,45,50)(H,46,51). The molecule has 0 bridgehead atoms. The van der Waals surface area contributed by atoms with Gasteiger partial charge in [-0.15, -0.1) is 0 Å². The molecule has 2 aliphatic heterocycles. The number of methoxy groups -OCH3 is 2. The Hall–Kier alpha value is -5.17. The second-order valence-corrected chi connectivity index (χ2v) is 14.7. The number of hydrogen-bond donors (Lipinski definition) is 4. The Morgan fingerprint density at radius 2 is 1.21 bits per heavy atom. The van der Waals surface area contributed by atoms with Gasteiger partial charge < -0.3 is 35.0 Å². The van der Waals surface area contributed by atoms with Crippen LogP contribution in [0.25, 0.3) is 33.6 Å². The molecule has 2 saturated heterocycles. The SMILES string of the molecule is COC(=O)NC(CN1CCCC1c1ncc(-c2ccc(-c3ccc(-c4cnc(C5CCCN5C(=O)C(NC(=O)OC)C(C)C)[nH]4)cc3)cc2)[nH]1)C(C)C. The second kappa shape index (κ2) is 16.7. The normalized spacial score (nSPS) is 18.7. The van der Waals surface area contributed by atoms with Crippen molar-refractivity contribution >= 4 is 18.1 Å². The van der Waals surface area contributed by atoms with Gasteiger partial charge in [-0.3, -0.25) is 9.69 Å². The van der Waals surface area contributed by atoms with Gasteiger partial charge in [0.1, 0.15) is 17.7 Å². The molecule has 53 heavy (non-hydrogen) atoms. The summed E-state index contributed by atoms with van der Waals surface area (Å²) in [6, 6.07) is 16.1. The number of nitrogens with zero attached hydrogens (tertiary/aromatic N) is 4. The van der Waals surface area contributed by atoms with E-state index in [0.717, 1.165) is 84.1 Å². The van der Waals surface area contributed by atoms with Crippen LogP contribution in [0.5, 0.6) is 0 Å². The van der Waals surface area contributed by atoms with Crippen molar-refractivity contribution in [2.24, 2.45) is 11.8 Å². The lowest BCUT2D eigenvalue weighted by molar-refractivity contribution is -0.135. The van der Waals surface area contributed by atoms with E-state index in [4.69, 9.17) is 14.5 Å². The number of ether oxygens (including phenoxy) is 2. The minimum atomic E-state index is -0.675. The van der Waals surface area contributed by atoms with Crippen LogP contribution in [0.1, 0.15) is 77.1 Å². The van der Waals surface area contributed by atoms with Gasteiger partial charge in [-0.25, -0.2) is 19.6 Å². The second-order valence-electron chi connectivity index (χ2n) is 14.7. The Kier molecular flexibility index (Phi) is 11.8. The zero-order chi connectivity index (χ0) is 37.6. The van der Waals surface area contributed by atoms with E-state index in [1.165, 1.54) is 14.2 Å². The van der Waals surface area contributed by atoms with Gasteiger partial charge in [0.15, 0.2) is 0 Å². The first-order valence-electron chi connectivity index (χ1n) is 18.6. The number of rotatable bonds is 12. The third-order valence-electron chi connectivity index (χ3n) is 10.6. The molecule has 0 radical (unpaired) electrons. The number of carbonyl (C=O) groups is 3. The van der Waals surface area contributed by atoms with Crippen molar-refractivity contribution in [2.45, 2.75) is 77.5 Å². The Morgan fingerprint density at radius 3 is 1.74 bits per heavy atom. The molecule has 4 heterocycles. The number of nitrogens with one attached hydrogen (secondary N) is 4. The number of carbonyl (C=O) groups excluding carboxylic acids is 3.